The lowest BCUT2D eigenvalue weighted by Gasteiger charge is -2.44. The Morgan fingerprint density at radius 2 is 0.853 bits per heavy atom. The van der Waals surface area contributed by atoms with Gasteiger partial charge >= 0.3 is 0 Å². The highest BCUT2D eigenvalue weighted by molar-refractivity contribution is 7.00. The van der Waals surface area contributed by atoms with Crippen molar-refractivity contribution in [3.8, 4) is 0 Å². The molecule has 0 bridgehead atoms. The number of benzene rings is 7. The predicted octanol–water partition coefficient (Wildman–Crippen LogP) is 16.3. The molecule has 3 heteroatoms. The van der Waals surface area contributed by atoms with Crippen molar-refractivity contribution in [3.05, 3.63) is 196 Å². The smallest absolute Gasteiger partial charge is 0.252 e. The molecule has 0 saturated heterocycles. The average Bonchev–Trinajstić information content (AvgIpc) is 3.30. The Labute approximate surface area is 410 Å². The normalized spacial score (nSPS) is 13.7. The van der Waals surface area contributed by atoms with Gasteiger partial charge in [-0.1, -0.05) is 212 Å². The Morgan fingerprint density at radius 1 is 0.397 bits per heavy atom. The maximum Gasteiger partial charge on any atom is 0.252 e. The fourth-order valence-corrected chi connectivity index (χ4v) is 10.8. The molecule has 2 heterocycles. The fourth-order valence-electron chi connectivity index (χ4n) is 10.8. The molecular weight excluding hydrogens is 820 g/mol. The van der Waals surface area contributed by atoms with E-state index in [2.05, 4.69) is 251 Å². The summed E-state index contributed by atoms with van der Waals surface area (Å²) in [6, 6.07) is 59.7. The molecule has 348 valence electrons. The van der Waals surface area contributed by atoms with E-state index in [0.717, 1.165) is 6.42 Å². The van der Waals surface area contributed by atoms with Crippen LogP contribution in [0.2, 0.25) is 0 Å². The molecule has 0 saturated carbocycles. The first-order valence-corrected chi connectivity index (χ1v) is 25.6. The lowest BCUT2D eigenvalue weighted by atomic mass is 9.33. The van der Waals surface area contributed by atoms with Gasteiger partial charge < -0.3 is 9.80 Å². The van der Waals surface area contributed by atoms with Crippen molar-refractivity contribution < 1.29 is 0 Å². The molecule has 7 aromatic rings. The molecule has 0 spiro atoms. The van der Waals surface area contributed by atoms with Crippen LogP contribution in [-0.4, -0.2) is 6.71 Å². The molecule has 0 atom stereocenters. The fraction of sp³-hybridized carbons (Fsp3) is 0.354. The van der Waals surface area contributed by atoms with Gasteiger partial charge in [0.05, 0.1) is 0 Å². The van der Waals surface area contributed by atoms with Gasteiger partial charge in [-0.15, -0.1) is 0 Å². The van der Waals surface area contributed by atoms with E-state index in [-0.39, 0.29) is 34.3 Å². The first-order valence-electron chi connectivity index (χ1n) is 25.6. The second-order valence-corrected chi connectivity index (χ2v) is 24.1. The first kappa shape index (κ1) is 47.3. The second-order valence-electron chi connectivity index (χ2n) is 24.1. The monoisotopic (exact) mass is 895 g/mol. The van der Waals surface area contributed by atoms with Crippen LogP contribution in [0.1, 0.15) is 166 Å². The van der Waals surface area contributed by atoms with Crippen LogP contribution in [-0.2, 0) is 28.1 Å². The standard InChI is InChI=1S/C65H75BN2/c1-14-15-16-17-19-44-22-36-52(37-23-44)68-58-21-18-20-57-61(58)66(55-43-51(65(11,12)13)35-41-56(55)67(57)53-38-33-50(34-39-53)64(8,9)10)54-40-28-47(42-59(54)68)60(45-24-29-48(30-25-45)62(2,3)4)46-26-31-49(32-27-46)63(5,6)7/h18,20-43,60H,14-17,19H2,1-13H3. The Morgan fingerprint density at radius 3 is 1.35 bits per heavy atom. The molecule has 2 aliphatic heterocycles. The summed E-state index contributed by atoms with van der Waals surface area (Å²) in [6.45, 7) is 30.1. The number of aryl methyl sites for hydroxylation is 1. The van der Waals surface area contributed by atoms with Crippen LogP contribution in [0.4, 0.5) is 34.1 Å². The molecule has 0 aliphatic carbocycles. The van der Waals surface area contributed by atoms with Gasteiger partial charge in [0.1, 0.15) is 0 Å². The van der Waals surface area contributed by atoms with E-state index in [1.807, 2.05) is 0 Å². The molecule has 0 N–H and O–H groups in total. The highest BCUT2D eigenvalue weighted by atomic mass is 15.2. The molecule has 0 fully saturated rings. The zero-order valence-electron chi connectivity index (χ0n) is 43.5. The average molecular weight is 895 g/mol. The number of hydrogen-bond donors (Lipinski definition) is 0. The Hall–Kier alpha value is -5.80. The summed E-state index contributed by atoms with van der Waals surface area (Å²) < 4.78 is 0. The topological polar surface area (TPSA) is 6.48 Å². The summed E-state index contributed by atoms with van der Waals surface area (Å²) in [5.74, 6) is 0.0427. The molecule has 0 aromatic heterocycles. The molecule has 0 radical (unpaired) electrons. The van der Waals surface area contributed by atoms with E-state index in [4.69, 9.17) is 0 Å². The Balaban J connectivity index is 1.28. The lowest BCUT2D eigenvalue weighted by Crippen LogP contribution is -2.61. The van der Waals surface area contributed by atoms with E-state index in [0.29, 0.717) is 0 Å². The third-order valence-electron chi connectivity index (χ3n) is 14.9. The largest absolute Gasteiger partial charge is 0.311 e. The van der Waals surface area contributed by atoms with Gasteiger partial charge in [0, 0.05) is 40.0 Å². The van der Waals surface area contributed by atoms with Crippen molar-refractivity contribution in [2.24, 2.45) is 0 Å². The minimum absolute atomic E-state index is 0.0159. The third-order valence-corrected chi connectivity index (χ3v) is 14.9. The predicted molar refractivity (Wildman–Crippen MR) is 297 cm³/mol. The van der Waals surface area contributed by atoms with Crippen LogP contribution in [0, 0.1) is 0 Å². The quantitative estimate of drug-likeness (QED) is 0.0767. The molecular formula is C65H75BN2. The van der Waals surface area contributed by atoms with E-state index >= 15 is 0 Å². The maximum absolute atomic E-state index is 2.59. The minimum atomic E-state index is -0.0159. The molecule has 0 unspecified atom stereocenters. The zero-order chi connectivity index (χ0) is 48.3. The van der Waals surface area contributed by atoms with E-state index in [1.165, 1.54) is 121 Å². The van der Waals surface area contributed by atoms with Crippen molar-refractivity contribution in [3.63, 3.8) is 0 Å². The van der Waals surface area contributed by atoms with Gasteiger partial charge in [-0.2, -0.15) is 0 Å². The van der Waals surface area contributed by atoms with Crippen molar-refractivity contribution in [2.45, 2.75) is 150 Å². The van der Waals surface area contributed by atoms with Gasteiger partial charge in [-0.05, 0) is 144 Å². The summed E-state index contributed by atoms with van der Waals surface area (Å²) in [4.78, 5) is 5.13. The van der Waals surface area contributed by atoms with E-state index in [9.17, 15) is 0 Å². The van der Waals surface area contributed by atoms with Crippen molar-refractivity contribution in [2.75, 3.05) is 9.80 Å². The van der Waals surface area contributed by atoms with Crippen LogP contribution in [0.3, 0.4) is 0 Å². The number of anilines is 6. The van der Waals surface area contributed by atoms with E-state index < -0.39 is 0 Å². The summed E-state index contributed by atoms with van der Waals surface area (Å²) in [5, 5.41) is 0. The third kappa shape index (κ3) is 9.11. The van der Waals surface area contributed by atoms with Gasteiger partial charge in [0.15, 0.2) is 0 Å². The minimum Gasteiger partial charge on any atom is -0.311 e. The molecule has 7 aromatic carbocycles. The number of nitrogens with zero attached hydrogens (tertiary/aromatic N) is 2. The SMILES string of the molecule is CCCCCCc1ccc(N2c3cc(C(c4ccc(C(C)(C)C)cc4)c4ccc(C(C)(C)C)cc4)ccc3B3c4cc(C(C)(C)C)ccc4N(c4ccc(C(C)(C)C)cc4)c4cccc2c43)cc1. The highest BCUT2D eigenvalue weighted by Crippen LogP contribution is 2.46. The maximum atomic E-state index is 2.59. The van der Waals surface area contributed by atoms with Gasteiger partial charge in [-0.3, -0.25) is 0 Å². The highest BCUT2D eigenvalue weighted by Gasteiger charge is 2.44. The number of hydrogen-bond acceptors (Lipinski definition) is 2. The van der Waals surface area contributed by atoms with Crippen LogP contribution in [0.15, 0.2) is 152 Å². The summed E-state index contributed by atoms with van der Waals surface area (Å²) in [7, 11) is 0. The van der Waals surface area contributed by atoms with Crippen molar-refractivity contribution in [1.29, 1.82) is 0 Å². The van der Waals surface area contributed by atoms with Gasteiger partial charge in [0.25, 0.3) is 6.71 Å². The molecule has 9 rings (SSSR count). The Bertz CT molecular complexity index is 2840. The first-order chi connectivity index (χ1) is 32.2. The second kappa shape index (κ2) is 17.9. The zero-order valence-corrected chi connectivity index (χ0v) is 43.5. The molecule has 2 aliphatic rings. The van der Waals surface area contributed by atoms with Gasteiger partial charge in [-0.25, -0.2) is 0 Å². The van der Waals surface area contributed by atoms with Crippen LogP contribution in [0.25, 0.3) is 0 Å². The van der Waals surface area contributed by atoms with Crippen LogP contribution < -0.4 is 26.2 Å². The molecule has 68 heavy (non-hydrogen) atoms. The summed E-state index contributed by atoms with van der Waals surface area (Å²) in [5.41, 5.74) is 22.4. The molecule has 2 nitrogen and oxygen atoms in total. The Kier molecular flexibility index (Phi) is 12.5. The van der Waals surface area contributed by atoms with Crippen LogP contribution >= 0.6 is 0 Å². The summed E-state index contributed by atoms with van der Waals surface area (Å²) >= 11 is 0. The molecule has 0 amide bonds. The number of fused-ring (bicyclic) bond motifs is 4. The van der Waals surface area contributed by atoms with Crippen molar-refractivity contribution >= 4 is 57.2 Å². The number of unbranched alkanes of at least 4 members (excludes halogenated alkanes) is 3. The summed E-state index contributed by atoms with van der Waals surface area (Å²) in [6.07, 6.45) is 6.18. The van der Waals surface area contributed by atoms with Crippen molar-refractivity contribution in [1.82, 2.24) is 0 Å². The van der Waals surface area contributed by atoms with Crippen LogP contribution in [0.5, 0.6) is 0 Å². The van der Waals surface area contributed by atoms with E-state index in [1.54, 1.807) is 0 Å². The van der Waals surface area contributed by atoms with Gasteiger partial charge in [0.2, 0.25) is 0 Å². The lowest BCUT2D eigenvalue weighted by molar-refractivity contribution is 0.589. The number of rotatable bonds is 10.